The maximum atomic E-state index is 12.1. The highest BCUT2D eigenvalue weighted by Crippen LogP contribution is 2.25. The van der Waals surface area contributed by atoms with Crippen LogP contribution in [0.5, 0.6) is 5.88 Å². The third-order valence-electron chi connectivity index (χ3n) is 3.57. The highest BCUT2D eigenvalue weighted by molar-refractivity contribution is 5.91. The van der Waals surface area contributed by atoms with Crippen LogP contribution in [-0.2, 0) is 0 Å². The molecule has 6 nitrogen and oxygen atoms in total. The molecule has 2 atom stereocenters. The number of piperidine rings is 1. The molecule has 2 saturated heterocycles. The van der Waals surface area contributed by atoms with Crippen LogP contribution in [0.25, 0.3) is 0 Å². The number of carbonyl (C=O) groups is 1. The van der Waals surface area contributed by atoms with Gasteiger partial charge in [-0.15, -0.1) is 0 Å². The number of ether oxygens (including phenoxy) is 1. The molecule has 1 aromatic heterocycles. The van der Waals surface area contributed by atoms with Gasteiger partial charge in [0.1, 0.15) is 0 Å². The Labute approximate surface area is 98.9 Å². The standard InChI is InChI=1S/C11H15N3O3/c1-16-10-4-9(17-13-10)11(15)14-3-2-8-7(6-14)5-12-8/h4,7-8,12H,2-3,5-6H2,1H3. The van der Waals surface area contributed by atoms with Gasteiger partial charge in [0, 0.05) is 31.6 Å². The van der Waals surface area contributed by atoms with E-state index >= 15 is 0 Å². The van der Waals surface area contributed by atoms with Crippen molar-refractivity contribution in [3.8, 4) is 5.88 Å². The predicted octanol–water partition coefficient (Wildman–Crippen LogP) is 0.117. The van der Waals surface area contributed by atoms with Crippen LogP contribution in [0.15, 0.2) is 10.6 Å². The van der Waals surface area contributed by atoms with Crippen molar-refractivity contribution in [1.29, 1.82) is 0 Å². The molecular weight excluding hydrogens is 222 g/mol. The van der Waals surface area contributed by atoms with E-state index in [4.69, 9.17) is 9.26 Å². The fourth-order valence-electron chi connectivity index (χ4n) is 2.45. The van der Waals surface area contributed by atoms with Crippen molar-refractivity contribution in [2.45, 2.75) is 12.5 Å². The molecule has 1 amide bonds. The van der Waals surface area contributed by atoms with Crippen LogP contribution in [0.1, 0.15) is 17.0 Å². The number of aromatic nitrogens is 1. The summed E-state index contributed by atoms with van der Waals surface area (Å²) in [5.74, 6) is 1.10. The van der Waals surface area contributed by atoms with Crippen LogP contribution in [0, 0.1) is 5.92 Å². The first-order valence-electron chi connectivity index (χ1n) is 5.81. The summed E-state index contributed by atoms with van der Waals surface area (Å²) in [7, 11) is 1.50. The Hall–Kier alpha value is -1.56. The minimum atomic E-state index is -0.0915. The lowest BCUT2D eigenvalue weighted by Crippen LogP contribution is -2.62. The maximum absolute atomic E-state index is 12.1. The first-order chi connectivity index (χ1) is 8.28. The first-order valence-corrected chi connectivity index (χ1v) is 5.81. The van der Waals surface area contributed by atoms with Gasteiger partial charge in [-0.3, -0.25) is 4.79 Å². The fourth-order valence-corrected chi connectivity index (χ4v) is 2.45. The van der Waals surface area contributed by atoms with Crippen LogP contribution in [0.2, 0.25) is 0 Å². The first kappa shape index (κ1) is 10.6. The molecule has 3 rings (SSSR count). The van der Waals surface area contributed by atoms with Crippen molar-refractivity contribution in [1.82, 2.24) is 15.4 Å². The molecule has 3 heterocycles. The fraction of sp³-hybridized carbons (Fsp3) is 0.636. The van der Waals surface area contributed by atoms with E-state index in [2.05, 4.69) is 10.5 Å². The average Bonchev–Trinajstić information content (AvgIpc) is 2.78. The van der Waals surface area contributed by atoms with Crippen LogP contribution in [0.4, 0.5) is 0 Å². The largest absolute Gasteiger partial charge is 0.479 e. The third kappa shape index (κ3) is 1.78. The second kappa shape index (κ2) is 4.03. The molecule has 0 spiro atoms. The minimum absolute atomic E-state index is 0.0915. The normalized spacial score (nSPS) is 27.2. The molecule has 2 unspecified atom stereocenters. The molecule has 0 saturated carbocycles. The SMILES string of the molecule is COc1cc(C(=O)N2CCC3NCC3C2)on1. The highest BCUT2D eigenvalue weighted by Gasteiger charge is 2.37. The molecule has 92 valence electrons. The Morgan fingerprint density at radius 1 is 1.71 bits per heavy atom. The maximum Gasteiger partial charge on any atom is 0.292 e. The van der Waals surface area contributed by atoms with E-state index in [9.17, 15) is 4.79 Å². The summed E-state index contributed by atoms with van der Waals surface area (Å²) in [5.41, 5.74) is 0. The molecule has 2 fully saturated rings. The van der Waals surface area contributed by atoms with Crippen molar-refractivity contribution in [3.63, 3.8) is 0 Å². The van der Waals surface area contributed by atoms with Crippen LogP contribution in [-0.4, -0.2) is 48.7 Å². The van der Waals surface area contributed by atoms with Crippen molar-refractivity contribution >= 4 is 5.91 Å². The second-order valence-electron chi connectivity index (χ2n) is 4.55. The topological polar surface area (TPSA) is 67.6 Å². The molecular formula is C11H15N3O3. The molecule has 1 N–H and O–H groups in total. The third-order valence-corrected chi connectivity index (χ3v) is 3.57. The number of methoxy groups -OCH3 is 1. The summed E-state index contributed by atoms with van der Waals surface area (Å²) < 4.78 is 9.86. The molecule has 1 aromatic rings. The van der Waals surface area contributed by atoms with Gasteiger partial charge in [0.15, 0.2) is 0 Å². The summed E-state index contributed by atoms with van der Waals surface area (Å²) in [5, 5.41) is 7.01. The average molecular weight is 237 g/mol. The molecule has 0 radical (unpaired) electrons. The van der Waals surface area contributed by atoms with E-state index in [1.807, 2.05) is 4.90 Å². The number of hydrogen-bond donors (Lipinski definition) is 1. The quantitative estimate of drug-likeness (QED) is 0.791. The van der Waals surface area contributed by atoms with E-state index in [0.717, 1.165) is 26.1 Å². The molecule has 6 heteroatoms. The van der Waals surface area contributed by atoms with Gasteiger partial charge < -0.3 is 19.5 Å². The van der Waals surface area contributed by atoms with Gasteiger partial charge in [-0.1, -0.05) is 0 Å². The zero-order valence-corrected chi connectivity index (χ0v) is 9.68. The van der Waals surface area contributed by atoms with Gasteiger partial charge in [-0.2, -0.15) is 0 Å². The molecule has 0 aliphatic carbocycles. The lowest BCUT2D eigenvalue weighted by atomic mass is 9.85. The second-order valence-corrected chi connectivity index (χ2v) is 4.55. The number of amides is 1. The highest BCUT2D eigenvalue weighted by atomic mass is 16.5. The lowest BCUT2D eigenvalue weighted by molar-refractivity contribution is 0.0473. The number of likely N-dealkylation sites (tertiary alicyclic amines) is 1. The van der Waals surface area contributed by atoms with Crippen molar-refractivity contribution in [3.05, 3.63) is 11.8 Å². The zero-order chi connectivity index (χ0) is 11.8. The van der Waals surface area contributed by atoms with Crippen LogP contribution < -0.4 is 10.1 Å². The molecule has 17 heavy (non-hydrogen) atoms. The molecule has 0 aromatic carbocycles. The van der Waals surface area contributed by atoms with Gasteiger partial charge >= 0.3 is 0 Å². The molecule has 2 aliphatic rings. The number of hydrogen-bond acceptors (Lipinski definition) is 5. The monoisotopic (exact) mass is 237 g/mol. The molecule has 0 bridgehead atoms. The number of carbonyl (C=O) groups excluding carboxylic acids is 1. The van der Waals surface area contributed by atoms with E-state index in [1.54, 1.807) is 0 Å². The van der Waals surface area contributed by atoms with Crippen LogP contribution in [0.3, 0.4) is 0 Å². The van der Waals surface area contributed by atoms with Gasteiger partial charge in [0.05, 0.1) is 13.2 Å². The van der Waals surface area contributed by atoms with Gasteiger partial charge in [-0.25, -0.2) is 0 Å². The number of fused-ring (bicyclic) bond motifs is 1. The number of rotatable bonds is 2. The van der Waals surface area contributed by atoms with Gasteiger partial charge in [0.2, 0.25) is 5.76 Å². The Morgan fingerprint density at radius 3 is 3.18 bits per heavy atom. The Kier molecular flexibility index (Phi) is 2.51. The van der Waals surface area contributed by atoms with E-state index in [0.29, 0.717) is 17.8 Å². The van der Waals surface area contributed by atoms with Gasteiger partial charge in [-0.05, 0) is 11.6 Å². The number of nitrogens with zero attached hydrogens (tertiary/aromatic N) is 2. The zero-order valence-electron chi connectivity index (χ0n) is 9.68. The Bertz CT molecular complexity index is 431. The molecule has 2 aliphatic heterocycles. The lowest BCUT2D eigenvalue weighted by Gasteiger charge is -2.45. The summed E-state index contributed by atoms with van der Waals surface area (Å²) in [6.07, 6.45) is 1.02. The van der Waals surface area contributed by atoms with E-state index < -0.39 is 0 Å². The van der Waals surface area contributed by atoms with Crippen molar-refractivity contribution in [2.24, 2.45) is 5.92 Å². The number of nitrogens with one attached hydrogen (secondary N) is 1. The summed E-state index contributed by atoms with van der Waals surface area (Å²) in [6.45, 7) is 2.59. The Morgan fingerprint density at radius 2 is 2.59 bits per heavy atom. The van der Waals surface area contributed by atoms with Crippen LogP contribution >= 0.6 is 0 Å². The van der Waals surface area contributed by atoms with Gasteiger partial charge in [0.25, 0.3) is 11.8 Å². The summed E-state index contributed by atoms with van der Waals surface area (Å²) in [4.78, 5) is 14.0. The smallest absolute Gasteiger partial charge is 0.292 e. The van der Waals surface area contributed by atoms with Crippen molar-refractivity contribution in [2.75, 3.05) is 26.7 Å². The van der Waals surface area contributed by atoms with Crippen molar-refractivity contribution < 1.29 is 14.1 Å². The summed E-state index contributed by atoms with van der Waals surface area (Å²) >= 11 is 0. The Balaban J connectivity index is 1.69. The van der Waals surface area contributed by atoms with E-state index in [1.165, 1.54) is 13.2 Å². The predicted molar refractivity (Wildman–Crippen MR) is 58.9 cm³/mol. The van der Waals surface area contributed by atoms with E-state index in [-0.39, 0.29) is 11.7 Å². The minimum Gasteiger partial charge on any atom is -0.479 e. The summed E-state index contributed by atoms with van der Waals surface area (Å²) in [6, 6.07) is 2.14.